The molecule has 0 saturated carbocycles. The van der Waals surface area contributed by atoms with Crippen LogP contribution in [0, 0.1) is 11.2 Å². The highest BCUT2D eigenvalue weighted by Gasteiger charge is 2.09. The Hall–Kier alpha value is -2.07. The Morgan fingerprint density at radius 3 is 2.47 bits per heavy atom. The van der Waals surface area contributed by atoms with Crippen molar-refractivity contribution in [1.29, 1.82) is 5.41 Å². The Kier molecular flexibility index (Phi) is 3.71. The first kappa shape index (κ1) is 13.4. The molecule has 2 rings (SSSR count). The molecule has 0 aliphatic carbocycles. The molecule has 0 radical (unpaired) electrons. The van der Waals surface area contributed by atoms with Gasteiger partial charge in [-0.1, -0.05) is 17.7 Å². The second kappa shape index (κ2) is 5.28. The van der Waals surface area contributed by atoms with E-state index in [0.717, 1.165) is 5.69 Å². The first-order valence-electron chi connectivity index (χ1n) is 5.62. The van der Waals surface area contributed by atoms with Gasteiger partial charge >= 0.3 is 0 Å². The van der Waals surface area contributed by atoms with Crippen molar-refractivity contribution < 1.29 is 4.39 Å². The lowest BCUT2D eigenvalue weighted by Gasteiger charge is -2.20. The molecule has 0 amide bonds. The van der Waals surface area contributed by atoms with Crippen LogP contribution in [-0.2, 0) is 0 Å². The molecule has 3 nitrogen and oxygen atoms in total. The van der Waals surface area contributed by atoms with Gasteiger partial charge in [0.25, 0.3) is 0 Å². The van der Waals surface area contributed by atoms with Gasteiger partial charge in [-0.3, -0.25) is 5.41 Å². The van der Waals surface area contributed by atoms with Crippen molar-refractivity contribution in [2.75, 3.05) is 11.9 Å². The molecule has 0 unspecified atom stereocenters. The Labute approximate surface area is 115 Å². The quantitative estimate of drug-likeness (QED) is 0.666. The number of benzene rings is 2. The summed E-state index contributed by atoms with van der Waals surface area (Å²) in [5.74, 6) is -0.374. The monoisotopic (exact) mass is 277 g/mol. The molecule has 0 fully saturated rings. The second-order valence-electron chi connectivity index (χ2n) is 4.12. The number of nitrogens with zero attached hydrogens (tertiary/aromatic N) is 1. The summed E-state index contributed by atoms with van der Waals surface area (Å²) in [6, 6.07) is 11.4. The molecule has 0 bridgehead atoms. The minimum absolute atomic E-state index is 0.0787. The average Bonchev–Trinajstić information content (AvgIpc) is 2.37. The molecule has 2 aromatic carbocycles. The molecule has 5 heteroatoms. The van der Waals surface area contributed by atoms with Crippen molar-refractivity contribution in [3.05, 3.63) is 58.9 Å². The van der Waals surface area contributed by atoms with Crippen LogP contribution in [0.2, 0.25) is 5.02 Å². The standard InChI is InChI=1S/C14H13ClFN3/c1-19(10-4-2-3-9(16)7-10)11-5-6-12(14(17)18)13(15)8-11/h2-8H,1H3,(H3,17,18). The largest absolute Gasteiger partial charge is 0.384 e. The predicted molar refractivity (Wildman–Crippen MR) is 76.9 cm³/mol. The molecule has 0 aliphatic heterocycles. The maximum atomic E-state index is 13.2. The van der Waals surface area contributed by atoms with E-state index in [0.29, 0.717) is 16.3 Å². The van der Waals surface area contributed by atoms with E-state index in [1.807, 2.05) is 7.05 Å². The van der Waals surface area contributed by atoms with Crippen molar-refractivity contribution in [2.24, 2.45) is 5.73 Å². The normalized spacial score (nSPS) is 10.3. The van der Waals surface area contributed by atoms with Crippen LogP contribution in [0.5, 0.6) is 0 Å². The summed E-state index contributed by atoms with van der Waals surface area (Å²) < 4.78 is 13.2. The van der Waals surface area contributed by atoms with Crippen LogP contribution in [0.3, 0.4) is 0 Å². The van der Waals surface area contributed by atoms with Gasteiger partial charge in [0.15, 0.2) is 0 Å². The van der Waals surface area contributed by atoms with Crippen molar-refractivity contribution in [3.8, 4) is 0 Å². The highest BCUT2D eigenvalue weighted by Crippen LogP contribution is 2.28. The van der Waals surface area contributed by atoms with E-state index in [2.05, 4.69) is 0 Å². The lowest BCUT2D eigenvalue weighted by atomic mass is 10.1. The topological polar surface area (TPSA) is 53.1 Å². The zero-order valence-corrected chi connectivity index (χ0v) is 11.1. The zero-order chi connectivity index (χ0) is 14.0. The highest BCUT2D eigenvalue weighted by molar-refractivity contribution is 6.34. The van der Waals surface area contributed by atoms with Crippen molar-refractivity contribution >= 4 is 28.8 Å². The number of halogens is 2. The first-order chi connectivity index (χ1) is 8.99. The number of anilines is 2. The molecule has 0 atom stereocenters. The van der Waals surface area contributed by atoms with E-state index in [4.69, 9.17) is 22.7 Å². The van der Waals surface area contributed by atoms with Gasteiger partial charge in [-0.25, -0.2) is 4.39 Å². The molecule has 0 saturated heterocycles. The summed E-state index contributed by atoms with van der Waals surface area (Å²) >= 11 is 6.07. The lowest BCUT2D eigenvalue weighted by molar-refractivity contribution is 0.628. The van der Waals surface area contributed by atoms with E-state index >= 15 is 0 Å². The van der Waals surface area contributed by atoms with Gasteiger partial charge in [0.05, 0.1) is 5.02 Å². The zero-order valence-electron chi connectivity index (χ0n) is 10.3. The molecule has 3 N–H and O–H groups in total. The number of nitrogens with one attached hydrogen (secondary N) is 1. The van der Waals surface area contributed by atoms with Crippen molar-refractivity contribution in [2.45, 2.75) is 0 Å². The summed E-state index contributed by atoms with van der Waals surface area (Å²) in [7, 11) is 1.81. The molecular formula is C14H13ClFN3. The summed E-state index contributed by atoms with van der Waals surface area (Å²) in [6.07, 6.45) is 0. The number of hydrogen-bond acceptors (Lipinski definition) is 2. The van der Waals surface area contributed by atoms with E-state index in [9.17, 15) is 4.39 Å². The minimum atomic E-state index is -0.296. The third kappa shape index (κ3) is 2.85. The van der Waals surface area contributed by atoms with E-state index in [1.165, 1.54) is 12.1 Å². The Bertz CT molecular complexity index is 628. The van der Waals surface area contributed by atoms with Gasteiger partial charge in [-0.05, 0) is 36.4 Å². The van der Waals surface area contributed by atoms with Crippen LogP contribution in [0.1, 0.15) is 5.56 Å². The lowest BCUT2D eigenvalue weighted by Crippen LogP contribution is -2.13. The SMILES string of the molecule is CN(c1cccc(F)c1)c1ccc(C(=N)N)c(Cl)c1. The van der Waals surface area contributed by atoms with Gasteiger partial charge in [0.2, 0.25) is 0 Å². The second-order valence-corrected chi connectivity index (χ2v) is 4.52. The molecule has 0 aromatic heterocycles. The fraction of sp³-hybridized carbons (Fsp3) is 0.0714. The third-order valence-corrected chi connectivity index (χ3v) is 3.14. The van der Waals surface area contributed by atoms with Gasteiger partial charge < -0.3 is 10.6 Å². The van der Waals surface area contributed by atoms with E-state index < -0.39 is 0 Å². The Balaban J connectivity index is 2.37. The molecular weight excluding hydrogens is 265 g/mol. The number of hydrogen-bond donors (Lipinski definition) is 2. The van der Waals surface area contributed by atoms with Gasteiger partial charge in [0.1, 0.15) is 11.7 Å². The van der Waals surface area contributed by atoms with E-state index in [1.54, 1.807) is 35.2 Å². The van der Waals surface area contributed by atoms with Crippen molar-refractivity contribution in [3.63, 3.8) is 0 Å². The smallest absolute Gasteiger partial charge is 0.125 e. The van der Waals surface area contributed by atoms with Crippen molar-refractivity contribution in [1.82, 2.24) is 0 Å². The molecule has 98 valence electrons. The maximum absolute atomic E-state index is 13.2. The van der Waals surface area contributed by atoms with Crippen LogP contribution in [0.4, 0.5) is 15.8 Å². The third-order valence-electron chi connectivity index (χ3n) is 2.83. The molecule has 0 spiro atoms. The number of nitrogen functional groups attached to an aromatic ring is 1. The van der Waals surface area contributed by atoms with Crippen LogP contribution < -0.4 is 10.6 Å². The maximum Gasteiger partial charge on any atom is 0.125 e. The van der Waals surface area contributed by atoms with E-state index in [-0.39, 0.29) is 11.7 Å². The summed E-state index contributed by atoms with van der Waals surface area (Å²) in [4.78, 5) is 1.80. The minimum Gasteiger partial charge on any atom is -0.384 e. The highest BCUT2D eigenvalue weighted by atomic mass is 35.5. The van der Waals surface area contributed by atoms with Gasteiger partial charge in [-0.2, -0.15) is 0 Å². The van der Waals surface area contributed by atoms with Crippen LogP contribution in [0.15, 0.2) is 42.5 Å². The fourth-order valence-corrected chi connectivity index (χ4v) is 2.04. The van der Waals surface area contributed by atoms with Crippen LogP contribution >= 0.6 is 11.6 Å². The molecule has 0 aliphatic rings. The summed E-state index contributed by atoms with van der Waals surface area (Å²) in [5.41, 5.74) is 7.40. The summed E-state index contributed by atoms with van der Waals surface area (Å²) in [5, 5.41) is 7.77. The predicted octanol–water partition coefficient (Wildman–Crippen LogP) is 3.53. The van der Waals surface area contributed by atoms with Gasteiger partial charge in [-0.15, -0.1) is 0 Å². The fourth-order valence-electron chi connectivity index (χ4n) is 1.76. The average molecular weight is 278 g/mol. The van der Waals surface area contributed by atoms with Crippen LogP contribution in [-0.4, -0.2) is 12.9 Å². The number of nitrogens with two attached hydrogens (primary N) is 1. The van der Waals surface area contributed by atoms with Crippen LogP contribution in [0.25, 0.3) is 0 Å². The number of amidine groups is 1. The summed E-state index contributed by atoms with van der Waals surface area (Å²) in [6.45, 7) is 0. The molecule has 2 aromatic rings. The molecule has 0 heterocycles. The Morgan fingerprint density at radius 2 is 1.89 bits per heavy atom. The van der Waals surface area contributed by atoms with Gasteiger partial charge in [0, 0.05) is 24.0 Å². The number of rotatable bonds is 3. The first-order valence-corrected chi connectivity index (χ1v) is 6.00. The Morgan fingerprint density at radius 1 is 1.21 bits per heavy atom. The molecule has 19 heavy (non-hydrogen) atoms.